The minimum atomic E-state index is -5.54. The lowest BCUT2D eigenvalue weighted by molar-refractivity contribution is -0.127. The molecule has 1 aliphatic heterocycles. The smallest absolute Gasteiger partial charge is 0.440 e. The van der Waals surface area contributed by atoms with E-state index in [0.29, 0.717) is 55.8 Å². The van der Waals surface area contributed by atoms with Crippen LogP contribution in [0.5, 0.6) is 0 Å². The molecule has 15 heteroatoms. The fourth-order valence-electron chi connectivity index (χ4n) is 6.10. The zero-order chi connectivity index (χ0) is 32.9. The van der Waals surface area contributed by atoms with Gasteiger partial charge in [-0.15, -0.1) is 0 Å². The van der Waals surface area contributed by atoms with Gasteiger partial charge in [-0.3, -0.25) is 4.79 Å². The van der Waals surface area contributed by atoms with E-state index in [2.05, 4.69) is 11.4 Å². The highest BCUT2D eigenvalue weighted by Gasteiger charge is 2.48. The second-order valence-electron chi connectivity index (χ2n) is 12.1. The number of halogens is 3. The number of hydrogen-bond acceptors (Lipinski definition) is 9. The number of amides is 1. The Morgan fingerprint density at radius 1 is 1.00 bits per heavy atom. The Labute approximate surface area is 264 Å². The Morgan fingerprint density at radius 2 is 1.61 bits per heavy atom. The van der Waals surface area contributed by atoms with E-state index in [1.54, 1.807) is 0 Å². The Morgan fingerprint density at radius 3 is 2.20 bits per heavy atom. The highest BCUT2D eigenvalue weighted by atomic mass is 32.2. The third kappa shape index (κ3) is 6.24. The first-order valence-corrected chi connectivity index (χ1v) is 18.2. The van der Waals surface area contributed by atoms with Crippen molar-refractivity contribution in [3.8, 4) is 28.8 Å². The lowest BCUT2D eigenvalue weighted by Gasteiger charge is -2.30. The number of anilines is 1. The molecule has 3 fully saturated rings. The summed E-state index contributed by atoms with van der Waals surface area (Å²) in [4.78, 5) is 19.3. The van der Waals surface area contributed by atoms with E-state index in [9.17, 15) is 40.1 Å². The van der Waals surface area contributed by atoms with Crippen LogP contribution in [0.1, 0.15) is 50.2 Å². The summed E-state index contributed by atoms with van der Waals surface area (Å²) < 4.78 is 93.2. The zero-order valence-electron chi connectivity index (χ0n) is 24.6. The molecule has 1 N–H and O–H groups in total. The lowest BCUT2D eigenvalue weighted by atomic mass is 9.76. The van der Waals surface area contributed by atoms with Gasteiger partial charge < -0.3 is 14.6 Å². The number of rotatable bonds is 7. The molecule has 2 unspecified atom stereocenters. The number of hydrogen-bond donors (Lipinski definition) is 1. The second-order valence-corrected chi connectivity index (χ2v) is 16.3. The van der Waals surface area contributed by atoms with Crippen LogP contribution in [0.15, 0.2) is 57.8 Å². The topological polar surface area (TPSA) is 150 Å². The van der Waals surface area contributed by atoms with Gasteiger partial charge in [-0.25, -0.2) is 21.8 Å². The fraction of sp³-hybridized carbons (Fsp3) is 0.452. The van der Waals surface area contributed by atoms with Gasteiger partial charge >= 0.3 is 5.51 Å². The number of carbonyl (C=O) groups excluding carboxylic acids is 1. The number of nitrogens with one attached hydrogen (secondary N) is 1. The molecular weight excluding hydrogens is 645 g/mol. The minimum absolute atomic E-state index is 0.0479. The number of alkyl halides is 3. The highest BCUT2D eigenvalue weighted by molar-refractivity contribution is 7.92. The third-order valence-electron chi connectivity index (χ3n) is 8.99. The summed E-state index contributed by atoms with van der Waals surface area (Å²) in [5.74, 6) is -0.569. The normalized spacial score (nSPS) is 22.5. The van der Waals surface area contributed by atoms with Gasteiger partial charge in [-0.05, 0) is 62.1 Å². The van der Waals surface area contributed by atoms with Gasteiger partial charge in [0.25, 0.3) is 9.84 Å². The van der Waals surface area contributed by atoms with Crippen LogP contribution < -0.4 is 10.2 Å². The molecule has 1 saturated heterocycles. The average molecular weight is 677 g/mol. The number of benzene rings is 2. The molecule has 10 nitrogen and oxygen atoms in total. The number of nitriles is 1. The first-order chi connectivity index (χ1) is 21.7. The fourth-order valence-corrected chi connectivity index (χ4v) is 8.06. The average Bonchev–Trinajstić information content (AvgIpc) is 3.67. The first kappa shape index (κ1) is 32.1. The van der Waals surface area contributed by atoms with E-state index < -0.39 is 47.5 Å². The van der Waals surface area contributed by atoms with E-state index in [1.807, 2.05) is 29.2 Å². The van der Waals surface area contributed by atoms with E-state index >= 15 is 0 Å². The van der Waals surface area contributed by atoms with Gasteiger partial charge in [0.05, 0.1) is 22.5 Å². The van der Waals surface area contributed by atoms with Crippen molar-refractivity contribution in [1.82, 2.24) is 10.3 Å². The summed E-state index contributed by atoms with van der Waals surface area (Å²) in [5.41, 5.74) is -4.15. The second kappa shape index (κ2) is 11.7. The molecule has 46 heavy (non-hydrogen) atoms. The molecule has 2 atom stereocenters. The van der Waals surface area contributed by atoms with E-state index in [-0.39, 0.29) is 28.9 Å². The maximum Gasteiger partial charge on any atom is 0.501 e. The SMILES string of the molecule is N#CC1(NC(=O)C2CCCCC2c2oc(-c3ccc(S(=O)(=O)C(F)(F)F)cc3)nc2-c2ccc(N3CCS(=O)(=O)CC3)cc2)CC1. The monoisotopic (exact) mass is 676 g/mol. The third-order valence-corrected chi connectivity index (χ3v) is 12.1. The molecule has 2 heterocycles. The van der Waals surface area contributed by atoms with Crippen LogP contribution >= 0.6 is 0 Å². The van der Waals surface area contributed by atoms with Crippen molar-refractivity contribution >= 4 is 31.3 Å². The largest absolute Gasteiger partial charge is 0.501 e. The summed E-state index contributed by atoms with van der Waals surface area (Å²) in [6.45, 7) is 0.730. The van der Waals surface area contributed by atoms with Crippen LogP contribution in [0.3, 0.4) is 0 Å². The molecule has 1 aromatic heterocycles. The maximum atomic E-state index is 13.5. The number of aromatic nitrogens is 1. The van der Waals surface area contributed by atoms with Crippen molar-refractivity contribution in [1.29, 1.82) is 5.26 Å². The molecular formula is C31H31F3N4O6S2. The van der Waals surface area contributed by atoms with Crippen LogP contribution in [0.4, 0.5) is 18.9 Å². The highest BCUT2D eigenvalue weighted by Crippen LogP contribution is 2.45. The molecule has 2 saturated carbocycles. The number of nitrogens with zero attached hydrogens (tertiary/aromatic N) is 3. The maximum absolute atomic E-state index is 13.5. The summed E-state index contributed by atoms with van der Waals surface area (Å²) in [5, 5.41) is 12.4. The van der Waals surface area contributed by atoms with Gasteiger partial charge in [0.2, 0.25) is 11.8 Å². The van der Waals surface area contributed by atoms with Gasteiger partial charge in [0.15, 0.2) is 9.84 Å². The number of carbonyl (C=O) groups is 1. The molecule has 2 aliphatic carbocycles. The Hall–Kier alpha value is -3.90. The molecule has 0 bridgehead atoms. The van der Waals surface area contributed by atoms with Crippen LogP contribution in [0, 0.1) is 17.2 Å². The predicted molar refractivity (Wildman–Crippen MR) is 162 cm³/mol. The molecule has 6 rings (SSSR count). The Bertz CT molecular complexity index is 1880. The van der Waals surface area contributed by atoms with Gasteiger partial charge in [0.1, 0.15) is 17.0 Å². The quantitative estimate of drug-likeness (QED) is 0.365. The minimum Gasteiger partial charge on any atom is -0.440 e. The van der Waals surface area contributed by atoms with Crippen molar-refractivity contribution < 1.29 is 39.2 Å². The van der Waals surface area contributed by atoms with Crippen molar-refractivity contribution in [2.45, 2.75) is 60.4 Å². The Kier molecular flexibility index (Phi) is 8.17. The zero-order valence-corrected chi connectivity index (χ0v) is 26.2. The molecule has 3 aromatic rings. The molecule has 2 aromatic carbocycles. The lowest BCUT2D eigenvalue weighted by Crippen LogP contribution is -2.42. The standard InChI is InChI=1S/C31H31F3N4O6S2/c32-31(33,34)46(42,43)23-11-7-21(8-12-23)29-36-26(20-5-9-22(10-6-20)38-15-17-45(40,41)18-16-38)27(44-29)24-3-1-2-4-25(24)28(39)37-30(19-35)13-14-30/h5-12,24-25H,1-4,13-18H2,(H,37,39). The van der Waals surface area contributed by atoms with Crippen molar-refractivity contribution in [3.63, 3.8) is 0 Å². The summed E-state index contributed by atoms with van der Waals surface area (Å²) in [7, 11) is -8.60. The molecule has 244 valence electrons. The number of oxazole rings is 1. The van der Waals surface area contributed by atoms with Crippen LogP contribution in [-0.2, 0) is 24.5 Å². The van der Waals surface area contributed by atoms with Crippen molar-refractivity contribution in [2.75, 3.05) is 29.5 Å². The summed E-state index contributed by atoms with van der Waals surface area (Å²) in [6, 6.07) is 13.6. The van der Waals surface area contributed by atoms with Gasteiger partial charge in [-0.1, -0.05) is 25.0 Å². The van der Waals surface area contributed by atoms with E-state index in [0.717, 1.165) is 30.7 Å². The van der Waals surface area contributed by atoms with Crippen LogP contribution in [-0.4, -0.2) is 63.4 Å². The first-order valence-electron chi connectivity index (χ1n) is 14.9. The Balaban J connectivity index is 1.37. The van der Waals surface area contributed by atoms with Gasteiger partial charge in [0, 0.05) is 41.7 Å². The molecule has 3 aliphatic rings. The van der Waals surface area contributed by atoms with Gasteiger partial charge in [-0.2, -0.15) is 18.4 Å². The van der Waals surface area contributed by atoms with Crippen molar-refractivity contribution in [3.05, 3.63) is 54.3 Å². The summed E-state index contributed by atoms with van der Waals surface area (Å²) in [6.07, 6.45) is 3.95. The molecule has 0 radical (unpaired) electrons. The summed E-state index contributed by atoms with van der Waals surface area (Å²) >= 11 is 0. The van der Waals surface area contributed by atoms with E-state index in [4.69, 9.17) is 9.40 Å². The van der Waals surface area contributed by atoms with Crippen LogP contribution in [0.25, 0.3) is 22.7 Å². The van der Waals surface area contributed by atoms with Crippen LogP contribution in [0.2, 0.25) is 0 Å². The number of sulfone groups is 2. The van der Waals surface area contributed by atoms with Crippen molar-refractivity contribution in [2.24, 2.45) is 5.92 Å². The molecule has 1 amide bonds. The molecule has 0 spiro atoms. The van der Waals surface area contributed by atoms with E-state index in [1.165, 1.54) is 12.1 Å². The predicted octanol–water partition coefficient (Wildman–Crippen LogP) is 4.98.